The van der Waals surface area contributed by atoms with Gasteiger partial charge in [-0.1, -0.05) is 41.1 Å². The van der Waals surface area contributed by atoms with E-state index in [1.165, 1.54) is 30.0 Å². The average Bonchev–Trinajstić information content (AvgIpc) is 3.39. The molecular weight excluding hydrogens is 427 g/mol. The molecule has 0 aliphatic heterocycles. The first-order valence-corrected chi connectivity index (χ1v) is 10.3. The van der Waals surface area contributed by atoms with Gasteiger partial charge in [0.25, 0.3) is 0 Å². The third kappa shape index (κ3) is 4.39. The van der Waals surface area contributed by atoms with Gasteiger partial charge in [0.1, 0.15) is 5.82 Å². The maximum absolute atomic E-state index is 13.3. The smallest absolute Gasteiger partial charge is 0.234 e. The van der Waals surface area contributed by atoms with Gasteiger partial charge in [-0.15, -0.1) is 10.2 Å². The average molecular weight is 443 g/mol. The van der Waals surface area contributed by atoms with E-state index in [-0.39, 0.29) is 16.7 Å². The van der Waals surface area contributed by atoms with Crippen molar-refractivity contribution in [2.24, 2.45) is 0 Å². The first-order valence-electron chi connectivity index (χ1n) is 8.95. The number of furan rings is 1. The van der Waals surface area contributed by atoms with Gasteiger partial charge in [0.05, 0.1) is 17.0 Å². The molecule has 4 rings (SSSR count). The summed E-state index contributed by atoms with van der Waals surface area (Å²) in [6.45, 7) is 2.01. The molecule has 2 aromatic heterocycles. The number of halogens is 2. The predicted molar refractivity (Wildman–Crippen MR) is 115 cm³/mol. The topological polar surface area (TPSA) is 73.0 Å². The van der Waals surface area contributed by atoms with Crippen LogP contribution in [0, 0.1) is 12.7 Å². The summed E-state index contributed by atoms with van der Waals surface area (Å²) in [6, 6.07) is 15.5. The highest BCUT2D eigenvalue weighted by Crippen LogP contribution is 2.28. The van der Waals surface area contributed by atoms with Crippen LogP contribution in [-0.4, -0.2) is 26.4 Å². The second-order valence-electron chi connectivity index (χ2n) is 6.42. The summed E-state index contributed by atoms with van der Waals surface area (Å²) >= 11 is 6.99. The number of nitrogens with zero attached hydrogens (tertiary/aromatic N) is 3. The first-order chi connectivity index (χ1) is 14.5. The van der Waals surface area contributed by atoms with Crippen LogP contribution in [0.1, 0.15) is 5.56 Å². The van der Waals surface area contributed by atoms with E-state index in [0.717, 1.165) is 11.3 Å². The second kappa shape index (κ2) is 8.73. The lowest BCUT2D eigenvalue weighted by atomic mass is 10.2. The molecule has 2 heterocycles. The number of nitrogens with one attached hydrogen (secondary N) is 1. The molecule has 6 nitrogen and oxygen atoms in total. The number of hydrogen-bond donors (Lipinski definition) is 1. The molecule has 0 fully saturated rings. The molecule has 1 N–H and O–H groups in total. The van der Waals surface area contributed by atoms with E-state index in [4.69, 9.17) is 16.0 Å². The third-order valence-corrected chi connectivity index (χ3v) is 5.42. The molecule has 1 amide bonds. The molecule has 0 bridgehead atoms. The molecule has 4 aromatic rings. The van der Waals surface area contributed by atoms with E-state index in [2.05, 4.69) is 15.5 Å². The van der Waals surface area contributed by atoms with Crippen LogP contribution in [0.4, 0.5) is 10.1 Å². The standard InChI is InChI=1S/C21H16ClFN4O2S/c1-13-4-7-15(8-5-13)27-20(18-3-2-10-29-18)25-26-21(27)30-12-19(28)24-14-6-9-17(23)16(22)11-14/h2-11H,12H2,1H3,(H,24,28). The van der Waals surface area contributed by atoms with E-state index in [1.807, 2.05) is 35.8 Å². The molecule has 2 aromatic carbocycles. The molecular formula is C21H16ClFN4O2S. The highest BCUT2D eigenvalue weighted by Gasteiger charge is 2.19. The quantitative estimate of drug-likeness (QED) is 0.407. The highest BCUT2D eigenvalue weighted by molar-refractivity contribution is 7.99. The van der Waals surface area contributed by atoms with Gasteiger partial charge in [-0.25, -0.2) is 4.39 Å². The Labute approximate surface area is 181 Å². The lowest BCUT2D eigenvalue weighted by Gasteiger charge is -2.10. The molecule has 0 aliphatic carbocycles. The zero-order valence-electron chi connectivity index (χ0n) is 15.8. The van der Waals surface area contributed by atoms with Crippen molar-refractivity contribution < 1.29 is 13.6 Å². The summed E-state index contributed by atoms with van der Waals surface area (Å²) in [4.78, 5) is 12.4. The van der Waals surface area contributed by atoms with Gasteiger partial charge in [-0.2, -0.15) is 0 Å². The summed E-state index contributed by atoms with van der Waals surface area (Å²) in [5.41, 5.74) is 2.39. The number of amides is 1. The van der Waals surface area contributed by atoms with Gasteiger partial charge in [0, 0.05) is 11.4 Å². The van der Waals surface area contributed by atoms with Gasteiger partial charge < -0.3 is 9.73 Å². The molecule has 0 saturated carbocycles. The Morgan fingerprint density at radius 1 is 1.20 bits per heavy atom. The molecule has 30 heavy (non-hydrogen) atoms. The summed E-state index contributed by atoms with van der Waals surface area (Å²) in [6.07, 6.45) is 1.57. The van der Waals surface area contributed by atoms with Crippen molar-refractivity contribution in [3.05, 3.63) is 77.3 Å². The van der Waals surface area contributed by atoms with Crippen molar-refractivity contribution in [3.63, 3.8) is 0 Å². The number of aryl methyl sites for hydroxylation is 1. The Morgan fingerprint density at radius 2 is 2.00 bits per heavy atom. The zero-order valence-corrected chi connectivity index (χ0v) is 17.4. The highest BCUT2D eigenvalue weighted by atomic mass is 35.5. The number of aromatic nitrogens is 3. The number of anilines is 1. The fraction of sp³-hybridized carbons (Fsp3) is 0.0952. The Morgan fingerprint density at radius 3 is 2.70 bits per heavy atom. The second-order valence-corrected chi connectivity index (χ2v) is 7.77. The van der Waals surface area contributed by atoms with Crippen LogP contribution in [0.2, 0.25) is 5.02 Å². The fourth-order valence-electron chi connectivity index (χ4n) is 2.76. The molecule has 0 atom stereocenters. The minimum absolute atomic E-state index is 0.0531. The normalized spacial score (nSPS) is 10.9. The van der Waals surface area contributed by atoms with Crippen LogP contribution in [0.15, 0.2) is 70.4 Å². The number of benzene rings is 2. The Balaban J connectivity index is 1.55. The van der Waals surface area contributed by atoms with Gasteiger partial charge >= 0.3 is 0 Å². The van der Waals surface area contributed by atoms with Crippen LogP contribution in [0.5, 0.6) is 0 Å². The fourth-order valence-corrected chi connectivity index (χ4v) is 3.69. The van der Waals surface area contributed by atoms with Crippen molar-refractivity contribution >= 4 is 35.0 Å². The first kappa shape index (κ1) is 20.2. The minimum atomic E-state index is -0.541. The molecule has 152 valence electrons. The number of hydrogen-bond acceptors (Lipinski definition) is 5. The molecule has 0 spiro atoms. The number of thioether (sulfide) groups is 1. The van der Waals surface area contributed by atoms with Crippen LogP contribution < -0.4 is 5.32 Å². The van der Waals surface area contributed by atoms with E-state index in [0.29, 0.717) is 22.4 Å². The maximum atomic E-state index is 13.3. The number of carbonyl (C=O) groups excluding carboxylic acids is 1. The lowest BCUT2D eigenvalue weighted by molar-refractivity contribution is -0.113. The maximum Gasteiger partial charge on any atom is 0.234 e. The SMILES string of the molecule is Cc1ccc(-n2c(SCC(=O)Nc3ccc(F)c(Cl)c3)nnc2-c2ccco2)cc1. The van der Waals surface area contributed by atoms with Crippen molar-refractivity contribution in [2.45, 2.75) is 12.1 Å². The summed E-state index contributed by atoms with van der Waals surface area (Å²) in [5.74, 6) is 0.371. The number of rotatable bonds is 6. The largest absolute Gasteiger partial charge is 0.461 e. The molecule has 0 saturated heterocycles. The van der Waals surface area contributed by atoms with Crippen molar-refractivity contribution in [2.75, 3.05) is 11.1 Å². The van der Waals surface area contributed by atoms with Gasteiger partial charge in [-0.05, 0) is 49.4 Å². The molecule has 0 aliphatic rings. The van der Waals surface area contributed by atoms with E-state index < -0.39 is 5.82 Å². The van der Waals surface area contributed by atoms with E-state index >= 15 is 0 Å². The summed E-state index contributed by atoms with van der Waals surface area (Å²) in [7, 11) is 0. The molecule has 0 unspecified atom stereocenters. The monoisotopic (exact) mass is 442 g/mol. The van der Waals surface area contributed by atoms with Crippen LogP contribution in [0.3, 0.4) is 0 Å². The van der Waals surface area contributed by atoms with Gasteiger partial charge in [0.2, 0.25) is 11.7 Å². The lowest BCUT2D eigenvalue weighted by Crippen LogP contribution is -2.14. The number of carbonyl (C=O) groups is 1. The Hall–Kier alpha value is -3.10. The van der Waals surface area contributed by atoms with Crippen LogP contribution >= 0.6 is 23.4 Å². The Kier molecular flexibility index (Phi) is 5.87. The zero-order chi connectivity index (χ0) is 21.1. The van der Waals surface area contributed by atoms with E-state index in [9.17, 15) is 9.18 Å². The molecule has 0 radical (unpaired) electrons. The van der Waals surface area contributed by atoms with Gasteiger partial charge in [0.15, 0.2) is 10.9 Å². The Bertz CT molecular complexity index is 1180. The van der Waals surface area contributed by atoms with Crippen LogP contribution in [-0.2, 0) is 4.79 Å². The third-order valence-electron chi connectivity index (χ3n) is 4.20. The summed E-state index contributed by atoms with van der Waals surface area (Å²) < 4.78 is 20.6. The summed E-state index contributed by atoms with van der Waals surface area (Å²) in [5, 5.41) is 11.7. The van der Waals surface area contributed by atoms with Crippen molar-refractivity contribution in [1.29, 1.82) is 0 Å². The minimum Gasteiger partial charge on any atom is -0.461 e. The van der Waals surface area contributed by atoms with E-state index in [1.54, 1.807) is 18.4 Å². The van der Waals surface area contributed by atoms with Crippen molar-refractivity contribution in [1.82, 2.24) is 14.8 Å². The van der Waals surface area contributed by atoms with Crippen LogP contribution in [0.25, 0.3) is 17.3 Å². The van der Waals surface area contributed by atoms with Crippen molar-refractivity contribution in [3.8, 4) is 17.3 Å². The van der Waals surface area contributed by atoms with Gasteiger partial charge in [-0.3, -0.25) is 9.36 Å². The molecule has 9 heteroatoms. The predicted octanol–water partition coefficient (Wildman–Crippen LogP) is 5.36.